The van der Waals surface area contributed by atoms with Crippen molar-refractivity contribution in [2.24, 2.45) is 57.3 Å². The molecule has 0 fully saturated rings. The summed E-state index contributed by atoms with van der Waals surface area (Å²) < 4.78 is 5.69. The van der Waals surface area contributed by atoms with E-state index < -0.39 is 219 Å². The molecule has 2 aromatic rings. The van der Waals surface area contributed by atoms with Gasteiger partial charge in [0.15, 0.2) is 24.2 Å². The van der Waals surface area contributed by atoms with Crippen LogP contribution in [0, 0.1) is 23.7 Å². The largest absolute Gasteiger partial charge is 0.479 e. The molecule has 0 radical (unpaired) electrons. The Morgan fingerprint density at radius 3 is 1.47 bits per heavy atom. The van der Waals surface area contributed by atoms with Gasteiger partial charge in [0.1, 0.15) is 60.6 Å². The normalized spacial score (nSPS) is 15.8. The number of hydrogen-bond acceptors (Lipinski definition) is 26. The molecular weight excluding hydrogens is 1510 g/mol. The summed E-state index contributed by atoms with van der Waals surface area (Å²) in [5.41, 5.74) is 28.9. The van der Waals surface area contributed by atoms with Crippen molar-refractivity contribution in [3.05, 3.63) is 66.0 Å². The minimum atomic E-state index is -2.56. The number of benzene rings is 1. The number of guanidine groups is 1. The zero-order valence-electron chi connectivity index (χ0n) is 65.9. The lowest BCUT2D eigenvalue weighted by Crippen LogP contribution is -2.62. The fraction of sp³-hybridized carbons (Fsp3) is 0.614. The number of esters is 1. The maximum Gasteiger partial charge on any atom is 0.332 e. The Morgan fingerprint density at radius 2 is 1.03 bits per heavy atom. The molecule has 18 atom stereocenters. The number of carboxylic acids is 3. The topological polar surface area (TPSA) is 731 Å². The number of nitrogens with two attached hydrogens (primary N) is 5. The van der Waals surface area contributed by atoms with Gasteiger partial charge in [0.2, 0.25) is 65.0 Å². The fourth-order valence-corrected chi connectivity index (χ4v) is 11.0. The third kappa shape index (κ3) is 42.2. The first-order chi connectivity index (χ1) is 52.3. The van der Waals surface area contributed by atoms with Crippen molar-refractivity contribution in [2.75, 3.05) is 19.7 Å². The molecule has 0 aliphatic heterocycles. The molecule has 43 heteroatoms. The highest BCUT2D eigenvalue weighted by molar-refractivity contribution is 6.76. The van der Waals surface area contributed by atoms with Gasteiger partial charge >= 0.3 is 23.9 Å². The van der Waals surface area contributed by atoms with Gasteiger partial charge in [-0.2, -0.15) is 0 Å². The number of aliphatic hydroxyl groups is 7. The molecule has 0 aliphatic carbocycles. The summed E-state index contributed by atoms with van der Waals surface area (Å²) in [7, 11) is -1.90. The van der Waals surface area contributed by atoms with Crippen molar-refractivity contribution < 1.29 is 128 Å². The van der Waals surface area contributed by atoms with Crippen LogP contribution in [0.25, 0.3) is 0 Å². The molecule has 0 unspecified atom stereocenters. The van der Waals surface area contributed by atoms with Gasteiger partial charge in [0.25, 0.3) is 0 Å². The Balaban J connectivity index is 0. The predicted molar refractivity (Wildman–Crippen MR) is 408 cm³/mol. The summed E-state index contributed by atoms with van der Waals surface area (Å²) in [5, 5.41) is 111. The van der Waals surface area contributed by atoms with Gasteiger partial charge in [0.05, 0.1) is 37.3 Å². The summed E-state index contributed by atoms with van der Waals surface area (Å²) >= 11 is 0. The molecule has 11 amide bonds. The maximum atomic E-state index is 14.2. The third-order valence-electron chi connectivity index (χ3n) is 16.1. The van der Waals surface area contributed by atoms with E-state index in [1.165, 1.54) is 64.4 Å². The van der Waals surface area contributed by atoms with E-state index in [0.29, 0.717) is 11.6 Å². The van der Waals surface area contributed by atoms with Crippen molar-refractivity contribution >= 4 is 103 Å². The zero-order valence-corrected chi connectivity index (χ0v) is 66.9. The van der Waals surface area contributed by atoms with E-state index in [4.69, 9.17) is 64.0 Å². The van der Waals surface area contributed by atoms with Crippen molar-refractivity contribution in [2.45, 2.75) is 231 Å². The van der Waals surface area contributed by atoms with Crippen LogP contribution in [0.4, 0.5) is 0 Å². The number of hydrogen-bond donors (Lipinski definition) is 24. The van der Waals surface area contributed by atoms with E-state index in [1.807, 2.05) is 30.3 Å². The zero-order chi connectivity index (χ0) is 87.7. The van der Waals surface area contributed by atoms with Crippen molar-refractivity contribution in [1.29, 1.82) is 0 Å². The molecule has 42 nitrogen and oxygen atoms in total. The number of ether oxygens (including phenoxy) is 1. The summed E-state index contributed by atoms with van der Waals surface area (Å²) in [6.07, 6.45) is -7.64. The second kappa shape index (κ2) is 52.8. The van der Waals surface area contributed by atoms with Crippen LogP contribution in [0.2, 0.25) is 25.7 Å². The van der Waals surface area contributed by atoms with Gasteiger partial charge < -0.3 is 132 Å². The van der Waals surface area contributed by atoms with E-state index in [0.717, 1.165) is 6.92 Å². The number of carboxylic acid groups (broad SMARTS) is 3. The van der Waals surface area contributed by atoms with E-state index >= 15 is 0 Å². The van der Waals surface area contributed by atoms with Crippen LogP contribution in [0.1, 0.15) is 119 Å². The maximum absolute atomic E-state index is 14.2. The first kappa shape index (κ1) is 105. The number of amides is 11. The average molecular weight is 1630 g/mol. The molecule has 0 bridgehead atoms. The molecule has 113 heavy (non-hydrogen) atoms. The number of carbonyl (C=O) groups is 15. The van der Waals surface area contributed by atoms with Crippen LogP contribution in [-0.2, 0) is 83.1 Å². The molecule has 0 saturated carbocycles. The van der Waals surface area contributed by atoms with Crippen LogP contribution >= 0.6 is 0 Å². The Bertz CT molecular complexity index is 3400. The monoisotopic (exact) mass is 1630 g/mol. The van der Waals surface area contributed by atoms with Gasteiger partial charge in [-0.15, -0.1) is 0 Å². The van der Waals surface area contributed by atoms with Gasteiger partial charge in [-0.25, -0.2) is 19.2 Å². The summed E-state index contributed by atoms with van der Waals surface area (Å²) in [6, 6.07) is -3.88. The minimum Gasteiger partial charge on any atom is -0.479 e. The molecule has 1 aromatic heterocycles. The van der Waals surface area contributed by atoms with Crippen LogP contribution in [0.5, 0.6) is 0 Å². The molecule has 2 rings (SSSR count). The van der Waals surface area contributed by atoms with Gasteiger partial charge in [-0.3, -0.25) is 62.7 Å². The van der Waals surface area contributed by atoms with E-state index in [2.05, 4.69) is 47.2 Å². The van der Waals surface area contributed by atoms with Crippen molar-refractivity contribution in [1.82, 2.24) is 52.8 Å². The first-order valence-corrected chi connectivity index (χ1v) is 39.6. The van der Waals surface area contributed by atoms with Crippen LogP contribution < -0.4 is 76.5 Å². The highest BCUT2D eigenvalue weighted by Gasteiger charge is 2.41. The van der Waals surface area contributed by atoms with E-state index in [9.17, 15) is 92.3 Å². The average Bonchev–Trinajstić information content (AvgIpc) is 0.821. The second-order valence-corrected chi connectivity index (χ2v) is 33.9. The number of rotatable bonds is 44. The minimum absolute atomic E-state index is 0.0247. The van der Waals surface area contributed by atoms with Gasteiger partial charge in [-0.1, -0.05) is 111 Å². The Morgan fingerprint density at radius 1 is 0.549 bits per heavy atom. The molecule has 0 spiro atoms. The first-order valence-electron chi connectivity index (χ1n) is 35.9. The highest BCUT2D eigenvalue weighted by Crippen LogP contribution is 2.24. The predicted octanol–water partition coefficient (Wildman–Crippen LogP) is -6.57. The standard InChI is InChI=1S/C61H100N16O17Si.3C3H6O3/c1-12-32(6)43(75-54(87)38(21-17-23-68-61(65)66)70-55(88)39(24-30(2)3)71-52(85)33(7)47(81)31(4)5)58(91)76-44(34(8)79)57(90)69-27-42(80)74-45(48(82)51(64)84)59(92)73-41(28-78)60(93)94-49(36-19-14-13-15-20-36)46(50(63)83)77-56(89)40(25-35-18-16-22-67-26-35)72-53(86)37(62)29-95(9,10)11;3*1-2(4)3(5)6/h13-16,18-20,22,26,30-34,37-41,43-49,78-79,81-82H,12,17,21,23-25,27-29,62H2,1-11H3,(H2,63,83)(H2,64,84)(H,69,90)(H,70,88)(H,71,85)(H,72,86)(H,73,92)(H,74,80)(H,75,87)(H,76,91)(H,77,89)(H4,65,66,68);3*2,4H,1H3,(H,5,6)/t32-,33-,34-,37+,38+,39-,40-,41-,43-,44-,45-,46-,47+,48-,49+;3*2-/m0000/s1. The highest BCUT2D eigenvalue weighted by atomic mass is 28.3. The van der Waals surface area contributed by atoms with Gasteiger partial charge in [0, 0.05) is 33.4 Å². The molecule has 1 aromatic carbocycles. The second-order valence-electron chi connectivity index (χ2n) is 28.4. The number of primary amides is 2. The third-order valence-corrected chi connectivity index (χ3v) is 17.8. The number of aliphatic hydroxyl groups excluding tert-OH is 7. The lowest BCUT2D eigenvalue weighted by atomic mass is 9.93. The van der Waals surface area contributed by atoms with Crippen LogP contribution in [0.15, 0.2) is 59.9 Å². The number of pyridine rings is 1. The molecule has 1 heterocycles. The lowest BCUT2D eigenvalue weighted by Gasteiger charge is -2.30. The summed E-state index contributed by atoms with van der Waals surface area (Å²) in [4.78, 5) is 200. The Labute approximate surface area is 655 Å². The Hall–Kier alpha value is -10.4. The quantitative estimate of drug-likeness (QED) is 0.00964. The lowest BCUT2D eigenvalue weighted by molar-refractivity contribution is -0.158. The number of nitrogens with one attached hydrogen (secondary N) is 9. The number of nitrogens with zero attached hydrogens (tertiary/aromatic N) is 2. The number of aromatic nitrogens is 1. The number of aliphatic imine (C=N–C) groups is 1. The van der Waals surface area contributed by atoms with E-state index in [-0.39, 0.29) is 62.0 Å². The summed E-state index contributed by atoms with van der Waals surface area (Å²) in [6.45, 7) is 20.2. The Kier molecular flexibility index (Phi) is 48.8. The van der Waals surface area contributed by atoms with Crippen LogP contribution in [0.3, 0.4) is 0 Å². The van der Waals surface area contributed by atoms with Crippen LogP contribution in [-0.4, -0.2) is 270 Å². The SMILES string of the molecule is CC[C@H](C)[C@H](NC(=O)[C@@H](CCCN=C(N)N)NC(=O)[C@H](CC(C)C)NC(=O)[C@@H](C)[C@H](O)C(C)C)C(=O)N[C@H](C(=O)NCC(=O)N[C@H](C(=O)N[C@@H](CO)C(=O)O[C@H](c1ccccc1)[C@H](NC(=O)[C@H](Cc1cccnc1)NC(=O)[C@H](N)C[Si](C)(C)C)C(N)=O)[C@H](O)C(N)=O)[C@H](C)O.C[C@H](O)C(=O)O.C[C@H](O)C(=O)O.C[C@H](O)C(=O)O. The van der Waals surface area contributed by atoms with E-state index in [1.54, 1.807) is 59.7 Å². The number of aliphatic carboxylic acids is 3. The molecule has 0 saturated heterocycles. The molecule has 638 valence electrons. The van der Waals surface area contributed by atoms with Crippen molar-refractivity contribution in [3.8, 4) is 0 Å². The molecule has 0 aliphatic rings. The summed E-state index contributed by atoms with van der Waals surface area (Å²) in [5.74, 6) is -19.2. The van der Waals surface area contributed by atoms with Gasteiger partial charge in [-0.05, 0) is 87.9 Å². The number of carbonyl (C=O) groups excluding carboxylic acids is 12. The fourth-order valence-electron chi connectivity index (χ4n) is 9.51. The molecule has 29 N–H and O–H groups in total. The molecular formula is C70H118N16O26Si. The van der Waals surface area contributed by atoms with Crippen molar-refractivity contribution in [3.63, 3.8) is 0 Å². The smallest absolute Gasteiger partial charge is 0.332 e.